The van der Waals surface area contributed by atoms with Gasteiger partial charge in [0.1, 0.15) is 0 Å². The minimum absolute atomic E-state index is 0.289. The molecule has 0 aliphatic rings. The fourth-order valence-corrected chi connectivity index (χ4v) is 2.12. The Hall–Kier alpha value is 0.270. The summed E-state index contributed by atoms with van der Waals surface area (Å²) in [6, 6.07) is 0. The Morgan fingerprint density at radius 3 is 1.94 bits per heavy atom. The van der Waals surface area contributed by atoms with Crippen LogP contribution in [0.4, 0.5) is 0 Å². The highest BCUT2D eigenvalue weighted by Crippen LogP contribution is 2.08. The summed E-state index contributed by atoms with van der Waals surface area (Å²) in [5, 5.41) is 8.84. The molecule has 0 aliphatic heterocycles. The summed E-state index contributed by atoms with van der Waals surface area (Å²) in [7, 11) is 0. The van der Waals surface area contributed by atoms with Gasteiger partial charge >= 0.3 is 0 Å². The second-order valence-electron chi connectivity index (χ2n) is 4.36. The van der Waals surface area contributed by atoms with Gasteiger partial charge in [-0.15, -0.1) is 0 Å². The Balaban J connectivity index is 3.12. The van der Waals surface area contributed by atoms with Crippen LogP contribution in [-0.4, -0.2) is 42.0 Å². The Morgan fingerprint density at radius 2 is 1.44 bits per heavy atom. The highest BCUT2D eigenvalue weighted by Gasteiger charge is 2.00. The molecule has 0 amide bonds. The molecule has 0 atom stereocenters. The third-order valence-corrected chi connectivity index (χ3v) is 3.31. The van der Waals surface area contributed by atoms with Crippen molar-refractivity contribution in [2.24, 2.45) is 0 Å². The van der Waals surface area contributed by atoms with Gasteiger partial charge < -0.3 is 10.0 Å². The predicted octanol–water partition coefficient (Wildman–Crippen LogP) is 2.96. The van der Waals surface area contributed by atoms with E-state index in [0.29, 0.717) is 0 Å². The zero-order valence-electron chi connectivity index (χ0n) is 10.8. The second kappa shape index (κ2) is 13.3. The van der Waals surface area contributed by atoms with Crippen LogP contribution in [0.25, 0.3) is 0 Å². The lowest BCUT2D eigenvalue weighted by Gasteiger charge is -2.18. The summed E-state index contributed by atoms with van der Waals surface area (Å²) >= 11 is 4.21. The molecule has 0 saturated carbocycles. The molecule has 0 saturated heterocycles. The fourth-order valence-electron chi connectivity index (χ4n) is 1.90. The maximum atomic E-state index is 8.84. The molecule has 3 heteroatoms. The lowest BCUT2D eigenvalue weighted by molar-refractivity contribution is 0.199. The highest BCUT2D eigenvalue weighted by atomic mass is 32.1. The van der Waals surface area contributed by atoms with Gasteiger partial charge in [0, 0.05) is 6.54 Å². The minimum atomic E-state index is 0.289. The van der Waals surface area contributed by atoms with Crippen LogP contribution in [0.1, 0.15) is 51.9 Å². The van der Waals surface area contributed by atoms with Crippen molar-refractivity contribution in [3.63, 3.8) is 0 Å². The van der Waals surface area contributed by atoms with E-state index < -0.39 is 0 Å². The summed E-state index contributed by atoms with van der Waals surface area (Å²) in [5.41, 5.74) is 0. The van der Waals surface area contributed by atoms with E-state index in [1.54, 1.807) is 0 Å². The molecule has 0 aromatic carbocycles. The quantitative estimate of drug-likeness (QED) is 0.409. The van der Waals surface area contributed by atoms with Gasteiger partial charge in [-0.05, 0) is 31.7 Å². The molecular weight excluding hydrogens is 218 g/mol. The van der Waals surface area contributed by atoms with Crippen molar-refractivity contribution in [3.05, 3.63) is 0 Å². The molecule has 0 bridgehead atoms. The van der Waals surface area contributed by atoms with E-state index >= 15 is 0 Å². The smallest absolute Gasteiger partial charge is 0.0558 e. The van der Waals surface area contributed by atoms with E-state index in [2.05, 4.69) is 24.5 Å². The number of nitrogens with zero attached hydrogens (tertiary/aromatic N) is 1. The Morgan fingerprint density at radius 1 is 0.875 bits per heavy atom. The van der Waals surface area contributed by atoms with Gasteiger partial charge in [-0.1, -0.05) is 39.0 Å². The molecule has 0 heterocycles. The van der Waals surface area contributed by atoms with E-state index in [0.717, 1.165) is 25.4 Å². The van der Waals surface area contributed by atoms with Crippen LogP contribution in [0.5, 0.6) is 0 Å². The van der Waals surface area contributed by atoms with Crippen LogP contribution in [0.3, 0.4) is 0 Å². The van der Waals surface area contributed by atoms with Crippen LogP contribution in [0.15, 0.2) is 0 Å². The summed E-state index contributed by atoms with van der Waals surface area (Å²) in [4.78, 5) is 2.32. The van der Waals surface area contributed by atoms with Crippen molar-refractivity contribution >= 4 is 12.6 Å². The molecule has 0 rings (SSSR count). The molecular formula is C13H29NOS. The number of rotatable bonds is 12. The Kier molecular flexibility index (Phi) is 13.6. The lowest BCUT2D eigenvalue weighted by Crippen LogP contribution is -2.27. The average molecular weight is 247 g/mol. The van der Waals surface area contributed by atoms with Gasteiger partial charge in [-0.2, -0.15) is 12.6 Å². The van der Waals surface area contributed by atoms with Gasteiger partial charge in [0.2, 0.25) is 0 Å². The molecule has 0 fully saturated rings. The zero-order valence-corrected chi connectivity index (χ0v) is 11.7. The summed E-state index contributed by atoms with van der Waals surface area (Å²) in [5.74, 6) is 1.03. The van der Waals surface area contributed by atoms with Crippen LogP contribution in [0, 0.1) is 0 Å². The summed E-state index contributed by atoms with van der Waals surface area (Å²) < 4.78 is 0. The topological polar surface area (TPSA) is 23.5 Å². The van der Waals surface area contributed by atoms with Crippen LogP contribution in [0.2, 0.25) is 0 Å². The summed E-state index contributed by atoms with van der Waals surface area (Å²) in [6.45, 7) is 5.49. The van der Waals surface area contributed by atoms with E-state index in [-0.39, 0.29) is 6.61 Å². The standard InChI is InChI=1S/C13H29NOS/c1-2-14(11-12-15)10-8-6-4-3-5-7-9-13-16/h15-16H,2-13H2,1H3. The second-order valence-corrected chi connectivity index (χ2v) is 4.80. The number of thiol groups is 1. The van der Waals surface area contributed by atoms with Crippen molar-refractivity contribution in [3.8, 4) is 0 Å². The molecule has 98 valence electrons. The number of likely N-dealkylation sites (N-methyl/N-ethyl adjacent to an activating group) is 1. The van der Waals surface area contributed by atoms with Crippen molar-refractivity contribution in [2.45, 2.75) is 51.9 Å². The van der Waals surface area contributed by atoms with Gasteiger partial charge in [-0.25, -0.2) is 0 Å². The average Bonchev–Trinajstić information content (AvgIpc) is 2.31. The van der Waals surface area contributed by atoms with Crippen LogP contribution < -0.4 is 0 Å². The Labute approximate surface area is 107 Å². The minimum Gasteiger partial charge on any atom is -0.395 e. The van der Waals surface area contributed by atoms with Crippen LogP contribution >= 0.6 is 12.6 Å². The third kappa shape index (κ3) is 10.8. The molecule has 0 unspecified atom stereocenters. The van der Waals surface area contributed by atoms with E-state index in [1.165, 1.54) is 44.9 Å². The third-order valence-electron chi connectivity index (χ3n) is 3.00. The van der Waals surface area contributed by atoms with E-state index in [1.807, 2.05) is 0 Å². The number of hydrogen-bond donors (Lipinski definition) is 2. The monoisotopic (exact) mass is 247 g/mol. The van der Waals surface area contributed by atoms with Crippen molar-refractivity contribution in [2.75, 3.05) is 32.0 Å². The van der Waals surface area contributed by atoms with Crippen molar-refractivity contribution in [1.82, 2.24) is 4.90 Å². The Bertz CT molecular complexity index is 133. The van der Waals surface area contributed by atoms with E-state index in [9.17, 15) is 0 Å². The molecule has 0 radical (unpaired) electrons. The highest BCUT2D eigenvalue weighted by molar-refractivity contribution is 7.80. The SMILES string of the molecule is CCN(CCO)CCCCCCCCCS. The first-order valence-electron chi connectivity index (χ1n) is 6.79. The molecule has 2 nitrogen and oxygen atoms in total. The van der Waals surface area contributed by atoms with Gasteiger partial charge in [0.25, 0.3) is 0 Å². The fraction of sp³-hybridized carbons (Fsp3) is 1.00. The normalized spacial score (nSPS) is 11.2. The van der Waals surface area contributed by atoms with Crippen molar-refractivity contribution in [1.29, 1.82) is 0 Å². The zero-order chi connectivity index (χ0) is 12.1. The number of unbranched alkanes of at least 4 members (excludes halogenated alkanes) is 6. The molecule has 0 aromatic heterocycles. The van der Waals surface area contributed by atoms with E-state index in [4.69, 9.17) is 5.11 Å². The van der Waals surface area contributed by atoms with Gasteiger partial charge in [-0.3, -0.25) is 0 Å². The first kappa shape index (κ1) is 16.3. The molecule has 0 aliphatic carbocycles. The number of aliphatic hydroxyl groups is 1. The number of hydrogen-bond acceptors (Lipinski definition) is 3. The molecule has 16 heavy (non-hydrogen) atoms. The molecule has 0 spiro atoms. The summed E-state index contributed by atoms with van der Waals surface area (Å²) in [6.07, 6.45) is 9.33. The van der Waals surface area contributed by atoms with Crippen LogP contribution in [-0.2, 0) is 0 Å². The van der Waals surface area contributed by atoms with Gasteiger partial charge in [0.15, 0.2) is 0 Å². The lowest BCUT2D eigenvalue weighted by atomic mass is 10.1. The number of aliphatic hydroxyl groups excluding tert-OH is 1. The predicted molar refractivity (Wildman–Crippen MR) is 75.4 cm³/mol. The maximum absolute atomic E-state index is 8.84. The maximum Gasteiger partial charge on any atom is 0.0558 e. The van der Waals surface area contributed by atoms with Gasteiger partial charge in [0.05, 0.1) is 6.61 Å². The first-order valence-corrected chi connectivity index (χ1v) is 7.42. The molecule has 0 aromatic rings. The largest absolute Gasteiger partial charge is 0.395 e. The first-order chi connectivity index (χ1) is 7.85. The van der Waals surface area contributed by atoms with Crippen molar-refractivity contribution < 1.29 is 5.11 Å². The molecule has 1 N–H and O–H groups in total.